The van der Waals surface area contributed by atoms with Gasteiger partial charge < -0.3 is 4.74 Å². The van der Waals surface area contributed by atoms with Gasteiger partial charge in [0.05, 0.1) is 21.8 Å². The van der Waals surface area contributed by atoms with E-state index in [9.17, 15) is 14.0 Å². The van der Waals surface area contributed by atoms with E-state index in [1.165, 1.54) is 30.6 Å². The molecule has 1 aromatic heterocycles. The number of carbonyl (C=O) groups excluding carboxylic acids is 2. The van der Waals surface area contributed by atoms with Crippen LogP contribution in [0.25, 0.3) is 0 Å². The molecule has 0 bridgehead atoms. The van der Waals surface area contributed by atoms with Crippen LogP contribution >= 0.6 is 47.8 Å². The Balaban J connectivity index is 1.81. The molecule has 0 saturated heterocycles. The lowest BCUT2D eigenvalue weighted by atomic mass is 10.2. The minimum atomic E-state index is -0.739. The van der Waals surface area contributed by atoms with E-state index >= 15 is 0 Å². The number of carbonyl (C=O) groups is 2. The summed E-state index contributed by atoms with van der Waals surface area (Å²) in [5.41, 5.74) is 3.15. The normalized spacial score (nSPS) is 10.8. The third kappa shape index (κ3) is 5.80. The highest BCUT2D eigenvalue weighted by atomic mass is 79.9. The maximum Gasteiger partial charge on any atom is 0.343 e. The lowest BCUT2D eigenvalue weighted by Gasteiger charge is -2.10. The molecule has 0 aliphatic heterocycles. The van der Waals surface area contributed by atoms with Crippen LogP contribution in [0, 0.1) is 5.82 Å². The largest absolute Gasteiger partial charge is 0.421 e. The lowest BCUT2D eigenvalue weighted by molar-refractivity contribution is 0.0732. The predicted molar refractivity (Wildman–Crippen MR) is 120 cm³/mol. The summed E-state index contributed by atoms with van der Waals surface area (Å²) in [6, 6.07) is 10.1. The van der Waals surface area contributed by atoms with Crippen LogP contribution in [0.15, 0.2) is 73.4 Å². The van der Waals surface area contributed by atoms with Crippen molar-refractivity contribution in [2.24, 2.45) is 5.10 Å². The van der Waals surface area contributed by atoms with Gasteiger partial charge >= 0.3 is 5.97 Å². The lowest BCUT2D eigenvalue weighted by Crippen LogP contribution is -2.18. The van der Waals surface area contributed by atoms with E-state index in [0.717, 1.165) is 6.07 Å². The molecule has 3 rings (SSSR count). The minimum absolute atomic E-state index is 0.0585. The number of hydrogen-bond acceptors (Lipinski definition) is 5. The molecule has 1 N–H and O–H groups in total. The number of rotatable bonds is 5. The summed E-state index contributed by atoms with van der Waals surface area (Å²) in [4.78, 5) is 28.5. The molecule has 10 heteroatoms. The standard InChI is InChI=1S/C20H11Br3FN3O3/c21-14-4-12(9-26-27-19(28)13-5-15(22)10-25-8-13)18(17(23)7-14)30-20(29)11-2-1-3-16(24)6-11/h1-10H,(H,27,28)/b26-9-. The van der Waals surface area contributed by atoms with E-state index in [4.69, 9.17) is 4.74 Å². The van der Waals surface area contributed by atoms with E-state index < -0.39 is 17.7 Å². The zero-order valence-electron chi connectivity index (χ0n) is 14.9. The van der Waals surface area contributed by atoms with Crippen molar-refractivity contribution in [1.82, 2.24) is 10.4 Å². The molecule has 152 valence electrons. The summed E-state index contributed by atoms with van der Waals surface area (Å²) in [5.74, 6) is -1.59. The van der Waals surface area contributed by atoms with Gasteiger partial charge in [0.2, 0.25) is 0 Å². The van der Waals surface area contributed by atoms with Crippen molar-refractivity contribution in [2.75, 3.05) is 0 Å². The number of hydrogen-bond donors (Lipinski definition) is 1. The van der Waals surface area contributed by atoms with Gasteiger partial charge in [0.1, 0.15) is 5.82 Å². The van der Waals surface area contributed by atoms with Gasteiger partial charge in [-0.15, -0.1) is 0 Å². The third-order valence-electron chi connectivity index (χ3n) is 3.63. The average Bonchev–Trinajstić information content (AvgIpc) is 2.70. The number of hydrazone groups is 1. The Labute approximate surface area is 195 Å². The number of benzene rings is 2. The van der Waals surface area contributed by atoms with Gasteiger partial charge in [0.25, 0.3) is 5.91 Å². The molecule has 6 nitrogen and oxygen atoms in total. The summed E-state index contributed by atoms with van der Waals surface area (Å²) >= 11 is 9.93. The molecule has 0 atom stereocenters. The zero-order chi connectivity index (χ0) is 21.7. The summed E-state index contributed by atoms with van der Waals surface area (Å²) in [7, 11) is 0. The van der Waals surface area contributed by atoms with Crippen LogP contribution in [0.4, 0.5) is 4.39 Å². The fourth-order valence-electron chi connectivity index (χ4n) is 2.31. The van der Waals surface area contributed by atoms with Crippen molar-refractivity contribution in [2.45, 2.75) is 0 Å². The van der Waals surface area contributed by atoms with Crippen molar-refractivity contribution in [1.29, 1.82) is 0 Å². The Hall–Kier alpha value is -2.43. The smallest absolute Gasteiger partial charge is 0.343 e. The molecule has 0 saturated carbocycles. The van der Waals surface area contributed by atoms with E-state index in [0.29, 0.717) is 24.5 Å². The average molecular weight is 600 g/mol. The molecule has 0 fully saturated rings. The second-order valence-corrected chi connectivity index (χ2v) is 8.48. The number of ether oxygens (including phenoxy) is 1. The summed E-state index contributed by atoms with van der Waals surface area (Å²) in [6.45, 7) is 0. The Kier molecular flexibility index (Phi) is 7.46. The van der Waals surface area contributed by atoms with Gasteiger partial charge in [-0.1, -0.05) is 22.0 Å². The Morgan fingerprint density at radius 3 is 2.57 bits per heavy atom. The first kappa shape index (κ1) is 22.3. The highest BCUT2D eigenvalue weighted by Gasteiger charge is 2.16. The van der Waals surface area contributed by atoms with Gasteiger partial charge in [-0.05, 0) is 68.3 Å². The van der Waals surface area contributed by atoms with Crippen LogP contribution in [0.5, 0.6) is 5.75 Å². The van der Waals surface area contributed by atoms with Crippen molar-refractivity contribution in [3.63, 3.8) is 0 Å². The van der Waals surface area contributed by atoms with Gasteiger partial charge in [0.15, 0.2) is 5.75 Å². The van der Waals surface area contributed by atoms with Crippen LogP contribution in [-0.4, -0.2) is 23.1 Å². The van der Waals surface area contributed by atoms with E-state index in [1.807, 2.05) is 0 Å². The molecule has 0 radical (unpaired) electrons. The molecular weight excluding hydrogens is 589 g/mol. The molecule has 0 spiro atoms. The summed E-state index contributed by atoms with van der Waals surface area (Å²) in [6.07, 6.45) is 4.28. The Morgan fingerprint density at radius 2 is 1.83 bits per heavy atom. The first-order valence-electron chi connectivity index (χ1n) is 8.24. The van der Waals surface area contributed by atoms with Gasteiger partial charge in [-0.3, -0.25) is 9.78 Å². The topological polar surface area (TPSA) is 80.6 Å². The maximum atomic E-state index is 13.4. The van der Waals surface area contributed by atoms with E-state index in [1.54, 1.807) is 24.4 Å². The molecule has 0 aliphatic rings. The number of aromatic nitrogens is 1. The molecule has 2 aromatic carbocycles. The maximum absolute atomic E-state index is 13.4. The monoisotopic (exact) mass is 597 g/mol. The second-order valence-electron chi connectivity index (χ2n) is 5.80. The fraction of sp³-hybridized carbons (Fsp3) is 0. The molecule has 30 heavy (non-hydrogen) atoms. The van der Waals surface area contributed by atoms with Gasteiger partial charge in [-0.25, -0.2) is 14.6 Å². The van der Waals surface area contributed by atoms with Crippen molar-refractivity contribution >= 4 is 65.9 Å². The summed E-state index contributed by atoms with van der Waals surface area (Å²) in [5, 5.41) is 3.92. The van der Waals surface area contributed by atoms with Crippen LogP contribution in [0.3, 0.4) is 0 Å². The van der Waals surface area contributed by atoms with Crippen molar-refractivity contribution in [3.8, 4) is 5.75 Å². The Morgan fingerprint density at radius 1 is 1.03 bits per heavy atom. The molecule has 0 aliphatic carbocycles. The molecular formula is C20H11Br3FN3O3. The Bertz CT molecular complexity index is 1160. The number of pyridine rings is 1. The molecule has 1 heterocycles. The van der Waals surface area contributed by atoms with Gasteiger partial charge in [-0.2, -0.15) is 5.10 Å². The molecule has 0 unspecified atom stereocenters. The SMILES string of the molecule is O=C(N/N=C\c1cc(Br)cc(Br)c1OC(=O)c1cccc(F)c1)c1cncc(Br)c1. The fourth-order valence-corrected chi connectivity index (χ4v) is 4.02. The molecule has 1 amide bonds. The van der Waals surface area contributed by atoms with E-state index in [2.05, 4.69) is 63.3 Å². The highest BCUT2D eigenvalue weighted by Crippen LogP contribution is 2.32. The first-order chi connectivity index (χ1) is 14.3. The van der Waals surface area contributed by atoms with Crippen molar-refractivity contribution in [3.05, 3.63) is 90.8 Å². The van der Waals surface area contributed by atoms with Crippen LogP contribution in [0.1, 0.15) is 26.3 Å². The number of halogens is 4. The zero-order valence-corrected chi connectivity index (χ0v) is 19.7. The van der Waals surface area contributed by atoms with Crippen molar-refractivity contribution < 1.29 is 18.7 Å². The first-order valence-corrected chi connectivity index (χ1v) is 10.6. The number of amides is 1. The van der Waals surface area contributed by atoms with Gasteiger partial charge in [0, 0.05) is 26.9 Å². The third-order valence-corrected chi connectivity index (χ3v) is 5.11. The van der Waals surface area contributed by atoms with Crippen LogP contribution in [0.2, 0.25) is 0 Å². The molecule has 3 aromatic rings. The minimum Gasteiger partial charge on any atom is -0.421 e. The highest BCUT2D eigenvalue weighted by molar-refractivity contribution is 9.11. The number of nitrogens with one attached hydrogen (secondary N) is 1. The van der Waals surface area contributed by atoms with Crippen LogP contribution < -0.4 is 10.2 Å². The number of esters is 1. The quantitative estimate of drug-likeness (QED) is 0.182. The predicted octanol–water partition coefficient (Wildman–Crippen LogP) is 5.49. The van der Waals surface area contributed by atoms with E-state index in [-0.39, 0.29) is 11.3 Å². The van der Waals surface area contributed by atoms with Crippen LogP contribution in [-0.2, 0) is 0 Å². The second kappa shape index (κ2) is 10.1. The number of nitrogens with zero attached hydrogens (tertiary/aromatic N) is 2. The summed E-state index contributed by atoms with van der Waals surface area (Å²) < 4.78 is 20.6.